The maximum absolute atomic E-state index is 8.98. The third-order valence-electron chi connectivity index (χ3n) is 3.16. The van der Waals surface area contributed by atoms with Crippen LogP contribution in [0.4, 0.5) is 0 Å². The van der Waals surface area contributed by atoms with E-state index in [1.165, 1.54) is 22.9 Å². The average molecular weight is 340 g/mol. The number of hydrogen-bond acceptors (Lipinski definition) is 5. The van der Waals surface area contributed by atoms with Crippen molar-refractivity contribution >= 4 is 33.7 Å². The normalized spacial score (nSPS) is 12.1. The Kier molecular flexibility index (Phi) is 9.27. The molecule has 0 spiro atoms. The highest BCUT2D eigenvalue weighted by atomic mass is 32.2. The fourth-order valence-corrected chi connectivity index (χ4v) is 3.77. The van der Waals surface area contributed by atoms with Gasteiger partial charge in [0.1, 0.15) is 0 Å². The summed E-state index contributed by atoms with van der Waals surface area (Å²) in [6, 6.07) is 8.53. The third kappa shape index (κ3) is 8.46. The number of nitrogens with one attached hydrogen (secondary N) is 2. The summed E-state index contributed by atoms with van der Waals surface area (Å²) in [4.78, 5) is 0. The average Bonchev–Trinajstić information content (AvgIpc) is 2.45. The van der Waals surface area contributed by atoms with Gasteiger partial charge in [0.15, 0.2) is 5.17 Å². The molecule has 0 aliphatic rings. The topological polar surface area (TPSA) is 94.0 Å². The zero-order valence-corrected chi connectivity index (χ0v) is 14.6. The molecule has 0 saturated heterocycles. The summed E-state index contributed by atoms with van der Waals surface area (Å²) in [5.74, 6) is 0.830. The molecule has 0 heterocycles. The smallest absolute Gasteiger partial charge is 0.151 e. The number of benzene rings is 1. The minimum absolute atomic E-state index is 0.169. The van der Waals surface area contributed by atoms with Crippen molar-refractivity contribution in [3.05, 3.63) is 35.4 Å². The van der Waals surface area contributed by atoms with Crippen molar-refractivity contribution in [1.29, 1.82) is 10.8 Å². The van der Waals surface area contributed by atoms with Gasteiger partial charge in [0.05, 0.1) is 5.04 Å². The number of nitrogens with two attached hydrogens (primary N) is 1. The molecule has 0 bridgehead atoms. The quantitative estimate of drug-likeness (QED) is 0.410. The zero-order valence-electron chi connectivity index (χ0n) is 13.0. The van der Waals surface area contributed by atoms with Crippen LogP contribution in [0.25, 0.3) is 0 Å². The van der Waals surface area contributed by atoms with Crippen molar-refractivity contribution in [2.24, 2.45) is 5.73 Å². The van der Waals surface area contributed by atoms with Gasteiger partial charge in [0, 0.05) is 17.6 Å². The van der Waals surface area contributed by atoms with E-state index in [1.807, 2.05) is 6.92 Å². The predicted molar refractivity (Wildman–Crippen MR) is 99.3 cm³/mol. The Balaban J connectivity index is 2.52. The van der Waals surface area contributed by atoms with Crippen molar-refractivity contribution in [3.8, 4) is 0 Å². The minimum Gasteiger partial charge on any atom is -0.396 e. The Morgan fingerprint density at radius 3 is 2.41 bits per heavy atom. The van der Waals surface area contributed by atoms with Crippen molar-refractivity contribution in [2.75, 3.05) is 12.4 Å². The largest absolute Gasteiger partial charge is 0.396 e. The van der Waals surface area contributed by atoms with Gasteiger partial charge in [-0.25, -0.2) is 0 Å². The number of aliphatic hydroxyl groups excluding tert-OH is 1. The summed E-state index contributed by atoms with van der Waals surface area (Å²) in [5.41, 5.74) is 7.84. The predicted octanol–water partition coefficient (Wildman–Crippen LogP) is 3.27. The van der Waals surface area contributed by atoms with E-state index < -0.39 is 0 Å². The number of aryl methyl sites for hydroxylation is 1. The molecule has 0 aliphatic carbocycles. The van der Waals surface area contributed by atoms with Crippen LogP contribution in [-0.4, -0.2) is 32.9 Å². The lowest BCUT2D eigenvalue weighted by Gasteiger charge is -2.15. The third-order valence-corrected chi connectivity index (χ3v) is 4.97. The second-order valence-corrected chi connectivity index (χ2v) is 7.80. The maximum Gasteiger partial charge on any atom is 0.151 e. The first-order valence-electron chi connectivity index (χ1n) is 7.38. The monoisotopic (exact) mass is 339 g/mol. The SMILES string of the molecule is CC(=N)S[C@H](CCCO)Cc1ccc(CCSC(=N)N)cc1. The van der Waals surface area contributed by atoms with E-state index in [2.05, 4.69) is 24.3 Å². The molecular formula is C16H25N3OS2. The van der Waals surface area contributed by atoms with Gasteiger partial charge in [-0.1, -0.05) is 36.0 Å². The summed E-state index contributed by atoms with van der Waals surface area (Å²) in [5, 5.41) is 25.0. The molecule has 1 atom stereocenters. The van der Waals surface area contributed by atoms with Gasteiger partial charge in [-0.15, -0.1) is 11.8 Å². The molecule has 0 saturated carbocycles. The molecule has 1 aromatic rings. The number of thioether (sulfide) groups is 2. The summed E-state index contributed by atoms with van der Waals surface area (Å²) in [6.45, 7) is 2.02. The lowest BCUT2D eigenvalue weighted by atomic mass is 10.0. The van der Waals surface area contributed by atoms with Crippen LogP contribution < -0.4 is 5.73 Å². The molecule has 0 amide bonds. The van der Waals surface area contributed by atoms with Crippen LogP contribution in [0.5, 0.6) is 0 Å². The van der Waals surface area contributed by atoms with Gasteiger partial charge in [0.25, 0.3) is 0 Å². The Hall–Kier alpha value is -0.980. The van der Waals surface area contributed by atoms with Crippen LogP contribution in [0.1, 0.15) is 30.9 Å². The van der Waals surface area contributed by atoms with E-state index in [-0.39, 0.29) is 11.8 Å². The van der Waals surface area contributed by atoms with E-state index in [9.17, 15) is 0 Å². The number of aliphatic hydroxyl groups is 1. The van der Waals surface area contributed by atoms with Gasteiger partial charge in [0.2, 0.25) is 0 Å². The highest BCUT2D eigenvalue weighted by Crippen LogP contribution is 2.22. The van der Waals surface area contributed by atoms with E-state index >= 15 is 0 Å². The number of hydrogen-bond donors (Lipinski definition) is 4. The molecule has 0 aliphatic heterocycles. The van der Waals surface area contributed by atoms with Gasteiger partial charge in [-0.2, -0.15) is 0 Å². The van der Waals surface area contributed by atoms with Crippen molar-refractivity contribution < 1.29 is 5.11 Å². The molecule has 0 aromatic heterocycles. The number of rotatable bonds is 9. The Morgan fingerprint density at radius 1 is 1.23 bits per heavy atom. The van der Waals surface area contributed by atoms with Crippen LogP contribution >= 0.6 is 23.5 Å². The first-order valence-corrected chi connectivity index (χ1v) is 9.25. The molecule has 122 valence electrons. The molecule has 1 rings (SSSR count). The lowest BCUT2D eigenvalue weighted by molar-refractivity contribution is 0.284. The summed E-state index contributed by atoms with van der Waals surface area (Å²) in [6.07, 6.45) is 3.54. The van der Waals surface area contributed by atoms with Crippen LogP contribution in [-0.2, 0) is 12.8 Å². The molecule has 4 nitrogen and oxygen atoms in total. The summed E-state index contributed by atoms with van der Waals surface area (Å²) < 4.78 is 0. The Morgan fingerprint density at radius 2 is 1.86 bits per heavy atom. The highest BCUT2D eigenvalue weighted by Gasteiger charge is 2.11. The minimum atomic E-state index is 0.169. The highest BCUT2D eigenvalue weighted by molar-refractivity contribution is 8.14. The second-order valence-electron chi connectivity index (χ2n) is 5.15. The number of amidine groups is 1. The Bertz CT molecular complexity index is 477. The van der Waals surface area contributed by atoms with Crippen molar-refractivity contribution in [1.82, 2.24) is 0 Å². The fourth-order valence-electron chi connectivity index (χ4n) is 2.16. The van der Waals surface area contributed by atoms with E-state index in [1.54, 1.807) is 11.8 Å². The molecule has 0 unspecified atom stereocenters. The van der Waals surface area contributed by atoms with E-state index in [0.29, 0.717) is 10.3 Å². The first-order chi connectivity index (χ1) is 10.5. The standard InChI is InChI=1S/C16H25N3OS2/c1-12(17)22-15(3-2-9-20)11-14-6-4-13(5-7-14)8-10-21-16(18)19/h4-7,15,17,20H,2-3,8-11H2,1H3,(H3,18,19)/t15-/m1/s1. The molecule has 5 N–H and O–H groups in total. The van der Waals surface area contributed by atoms with Crippen LogP contribution in [0, 0.1) is 10.8 Å². The molecule has 6 heteroatoms. The van der Waals surface area contributed by atoms with Crippen LogP contribution in [0.3, 0.4) is 0 Å². The zero-order chi connectivity index (χ0) is 16.4. The first kappa shape index (κ1) is 19.1. The second kappa shape index (κ2) is 10.7. The molecule has 1 aromatic carbocycles. The summed E-state index contributed by atoms with van der Waals surface area (Å²) >= 11 is 2.95. The van der Waals surface area contributed by atoms with Gasteiger partial charge >= 0.3 is 0 Å². The molecular weight excluding hydrogens is 314 g/mol. The lowest BCUT2D eigenvalue weighted by Crippen LogP contribution is -2.10. The van der Waals surface area contributed by atoms with E-state index in [0.717, 1.165) is 31.4 Å². The van der Waals surface area contributed by atoms with E-state index in [4.69, 9.17) is 21.7 Å². The molecule has 0 fully saturated rings. The van der Waals surface area contributed by atoms with Gasteiger partial charge < -0.3 is 10.8 Å². The summed E-state index contributed by atoms with van der Waals surface area (Å²) in [7, 11) is 0. The molecule has 0 radical (unpaired) electrons. The maximum atomic E-state index is 8.98. The van der Waals surface area contributed by atoms with Crippen LogP contribution in [0.2, 0.25) is 0 Å². The van der Waals surface area contributed by atoms with Crippen molar-refractivity contribution in [3.63, 3.8) is 0 Å². The molecule has 22 heavy (non-hydrogen) atoms. The Labute approximate surface area is 141 Å². The fraction of sp³-hybridized carbons (Fsp3) is 0.500. The van der Waals surface area contributed by atoms with Gasteiger partial charge in [-0.05, 0) is 43.7 Å². The van der Waals surface area contributed by atoms with Gasteiger partial charge in [-0.3, -0.25) is 10.8 Å². The van der Waals surface area contributed by atoms with Crippen LogP contribution in [0.15, 0.2) is 24.3 Å². The van der Waals surface area contributed by atoms with Crippen molar-refractivity contribution in [2.45, 2.75) is 37.9 Å².